The monoisotopic (exact) mass is 351 g/mol. The number of amides is 1. The van der Waals surface area contributed by atoms with Crippen LogP contribution in [0.5, 0.6) is 0 Å². The number of aromatic nitrogens is 2. The molecule has 0 bridgehead atoms. The summed E-state index contributed by atoms with van der Waals surface area (Å²) in [5.74, 6) is -0.205. The summed E-state index contributed by atoms with van der Waals surface area (Å²) >= 11 is 0. The van der Waals surface area contributed by atoms with E-state index in [1.54, 1.807) is 37.7 Å². The van der Waals surface area contributed by atoms with Crippen molar-refractivity contribution >= 4 is 16.7 Å². The highest BCUT2D eigenvalue weighted by Gasteiger charge is 2.14. The first-order valence-electron chi connectivity index (χ1n) is 8.50. The molecule has 0 spiro atoms. The van der Waals surface area contributed by atoms with Gasteiger partial charge >= 0.3 is 0 Å². The summed E-state index contributed by atoms with van der Waals surface area (Å²) in [6.07, 6.45) is 3.99. The van der Waals surface area contributed by atoms with Crippen molar-refractivity contribution in [2.75, 3.05) is 20.3 Å². The second-order valence-corrected chi connectivity index (χ2v) is 5.91. The fraction of sp³-hybridized carbons (Fsp3) is 0.250. The van der Waals surface area contributed by atoms with Gasteiger partial charge in [-0.15, -0.1) is 0 Å². The normalized spacial score (nSPS) is 10.8. The predicted molar refractivity (Wildman–Crippen MR) is 100 cm³/mol. The first kappa shape index (κ1) is 17.8. The molecule has 2 aromatic heterocycles. The molecule has 6 nitrogen and oxygen atoms in total. The lowest BCUT2D eigenvalue weighted by molar-refractivity contribution is 0.0954. The number of benzene rings is 1. The Balaban J connectivity index is 1.84. The molecule has 0 saturated carbocycles. The number of hydrogen-bond donors (Lipinski definition) is 1. The summed E-state index contributed by atoms with van der Waals surface area (Å²) in [4.78, 5) is 29.5. The topological polar surface area (TPSA) is 73.2 Å². The molecule has 0 unspecified atom stereocenters. The quantitative estimate of drug-likeness (QED) is 0.707. The van der Waals surface area contributed by atoms with E-state index in [0.29, 0.717) is 42.5 Å². The van der Waals surface area contributed by atoms with Gasteiger partial charge in [-0.05, 0) is 18.2 Å². The first-order valence-corrected chi connectivity index (χ1v) is 8.50. The third-order valence-electron chi connectivity index (χ3n) is 4.17. The Morgan fingerprint density at radius 3 is 2.65 bits per heavy atom. The fourth-order valence-corrected chi connectivity index (χ4v) is 2.83. The molecule has 3 aromatic rings. The summed E-state index contributed by atoms with van der Waals surface area (Å²) < 4.78 is 6.59. The van der Waals surface area contributed by atoms with E-state index in [1.807, 2.05) is 24.3 Å². The standard InChI is InChI=1S/C20H21N3O3/c1-26-13-12-23-14-18(16-7-2-3-8-17(16)20(23)25)19(24)22-11-9-15-6-4-5-10-21-15/h2-8,10,14H,9,11-13H2,1H3,(H,22,24). The van der Waals surface area contributed by atoms with Gasteiger partial charge in [-0.1, -0.05) is 24.3 Å². The lowest BCUT2D eigenvalue weighted by Gasteiger charge is -2.12. The molecule has 1 N–H and O–H groups in total. The molecular weight excluding hydrogens is 330 g/mol. The van der Waals surface area contributed by atoms with Crippen molar-refractivity contribution in [3.63, 3.8) is 0 Å². The molecule has 0 radical (unpaired) electrons. The zero-order chi connectivity index (χ0) is 18.4. The number of pyridine rings is 2. The van der Waals surface area contributed by atoms with Gasteiger partial charge in [-0.2, -0.15) is 0 Å². The highest BCUT2D eigenvalue weighted by molar-refractivity contribution is 6.06. The number of methoxy groups -OCH3 is 1. The molecule has 1 amide bonds. The van der Waals surface area contributed by atoms with Crippen LogP contribution in [0.1, 0.15) is 16.1 Å². The van der Waals surface area contributed by atoms with Gasteiger partial charge in [0, 0.05) is 55.5 Å². The maximum atomic E-state index is 12.7. The lowest BCUT2D eigenvalue weighted by atomic mass is 10.1. The minimum atomic E-state index is -0.205. The van der Waals surface area contributed by atoms with Crippen molar-refractivity contribution < 1.29 is 9.53 Å². The Morgan fingerprint density at radius 1 is 1.15 bits per heavy atom. The summed E-state index contributed by atoms with van der Waals surface area (Å²) in [5, 5.41) is 4.10. The molecule has 26 heavy (non-hydrogen) atoms. The molecule has 134 valence electrons. The smallest absolute Gasteiger partial charge is 0.258 e. The van der Waals surface area contributed by atoms with Crippen molar-refractivity contribution in [3.05, 3.63) is 76.5 Å². The van der Waals surface area contributed by atoms with Crippen molar-refractivity contribution in [2.24, 2.45) is 0 Å². The largest absolute Gasteiger partial charge is 0.383 e. The molecule has 2 heterocycles. The van der Waals surface area contributed by atoms with Crippen LogP contribution in [0.15, 0.2) is 59.7 Å². The third-order valence-corrected chi connectivity index (χ3v) is 4.17. The van der Waals surface area contributed by atoms with E-state index >= 15 is 0 Å². The van der Waals surface area contributed by atoms with E-state index in [0.717, 1.165) is 5.69 Å². The summed E-state index contributed by atoms with van der Waals surface area (Å²) in [5.41, 5.74) is 1.28. The summed E-state index contributed by atoms with van der Waals surface area (Å²) in [6, 6.07) is 12.9. The minimum Gasteiger partial charge on any atom is -0.383 e. The molecule has 0 saturated heterocycles. The van der Waals surface area contributed by atoms with Gasteiger partial charge in [-0.3, -0.25) is 14.6 Å². The Labute approximate surface area is 151 Å². The highest BCUT2D eigenvalue weighted by Crippen LogP contribution is 2.15. The maximum Gasteiger partial charge on any atom is 0.258 e. The van der Waals surface area contributed by atoms with Gasteiger partial charge in [0.2, 0.25) is 0 Å². The van der Waals surface area contributed by atoms with Crippen LogP contribution in [-0.4, -0.2) is 35.7 Å². The van der Waals surface area contributed by atoms with Gasteiger partial charge in [0.1, 0.15) is 0 Å². The number of carbonyl (C=O) groups excluding carboxylic acids is 1. The molecule has 0 aliphatic heterocycles. The minimum absolute atomic E-state index is 0.123. The van der Waals surface area contributed by atoms with E-state index in [2.05, 4.69) is 10.3 Å². The maximum absolute atomic E-state index is 12.7. The van der Waals surface area contributed by atoms with Gasteiger partial charge < -0.3 is 14.6 Å². The number of fused-ring (bicyclic) bond motifs is 1. The average Bonchev–Trinajstić information content (AvgIpc) is 2.68. The van der Waals surface area contributed by atoms with Crippen LogP contribution >= 0.6 is 0 Å². The van der Waals surface area contributed by atoms with Gasteiger partial charge in [0.15, 0.2) is 0 Å². The van der Waals surface area contributed by atoms with Crippen LogP contribution in [0.2, 0.25) is 0 Å². The van der Waals surface area contributed by atoms with Gasteiger partial charge in [0.25, 0.3) is 11.5 Å². The molecule has 0 aliphatic rings. The predicted octanol–water partition coefficient (Wildman–Crippen LogP) is 2.02. The van der Waals surface area contributed by atoms with Crippen molar-refractivity contribution in [1.29, 1.82) is 0 Å². The Bertz CT molecular complexity index is 951. The fourth-order valence-electron chi connectivity index (χ4n) is 2.83. The van der Waals surface area contributed by atoms with Crippen molar-refractivity contribution in [1.82, 2.24) is 14.9 Å². The summed E-state index contributed by atoms with van der Waals surface area (Å²) in [7, 11) is 1.58. The third kappa shape index (κ3) is 3.97. The van der Waals surface area contributed by atoms with E-state index in [4.69, 9.17) is 4.74 Å². The van der Waals surface area contributed by atoms with Crippen molar-refractivity contribution in [3.8, 4) is 0 Å². The molecule has 0 atom stereocenters. The summed E-state index contributed by atoms with van der Waals surface area (Å²) in [6.45, 7) is 1.27. The lowest BCUT2D eigenvalue weighted by Crippen LogP contribution is -2.29. The number of ether oxygens (including phenoxy) is 1. The number of rotatable bonds is 7. The van der Waals surface area contributed by atoms with Gasteiger partial charge in [0.05, 0.1) is 12.2 Å². The molecular formula is C20H21N3O3. The second kappa shape index (κ2) is 8.40. The van der Waals surface area contributed by atoms with Crippen molar-refractivity contribution in [2.45, 2.75) is 13.0 Å². The van der Waals surface area contributed by atoms with Crippen LogP contribution in [0.4, 0.5) is 0 Å². The number of hydrogen-bond acceptors (Lipinski definition) is 4. The van der Waals surface area contributed by atoms with Crippen LogP contribution < -0.4 is 10.9 Å². The molecule has 1 aromatic carbocycles. The Kier molecular flexibility index (Phi) is 5.76. The zero-order valence-electron chi connectivity index (χ0n) is 14.6. The first-order chi connectivity index (χ1) is 12.7. The number of carbonyl (C=O) groups is 1. The van der Waals surface area contributed by atoms with E-state index < -0.39 is 0 Å². The molecule has 0 aliphatic carbocycles. The Morgan fingerprint density at radius 2 is 1.92 bits per heavy atom. The van der Waals surface area contributed by atoms with Gasteiger partial charge in [-0.25, -0.2) is 0 Å². The van der Waals surface area contributed by atoms with E-state index in [-0.39, 0.29) is 11.5 Å². The molecule has 3 rings (SSSR count). The van der Waals surface area contributed by atoms with Crippen LogP contribution in [-0.2, 0) is 17.7 Å². The zero-order valence-corrected chi connectivity index (χ0v) is 14.6. The number of nitrogens with zero attached hydrogens (tertiary/aromatic N) is 2. The highest BCUT2D eigenvalue weighted by atomic mass is 16.5. The number of nitrogens with one attached hydrogen (secondary N) is 1. The van der Waals surface area contributed by atoms with Crippen LogP contribution in [0, 0.1) is 0 Å². The Hall–Kier alpha value is -2.99. The SMILES string of the molecule is COCCn1cc(C(=O)NCCc2ccccn2)c2ccccc2c1=O. The van der Waals surface area contributed by atoms with Crippen LogP contribution in [0.25, 0.3) is 10.8 Å². The molecule has 6 heteroatoms. The van der Waals surface area contributed by atoms with Crippen LogP contribution in [0.3, 0.4) is 0 Å². The average molecular weight is 351 g/mol. The van der Waals surface area contributed by atoms with E-state index in [9.17, 15) is 9.59 Å². The second-order valence-electron chi connectivity index (χ2n) is 5.91. The van der Waals surface area contributed by atoms with E-state index in [1.165, 1.54) is 4.57 Å². The molecule has 0 fully saturated rings.